The van der Waals surface area contributed by atoms with E-state index >= 15 is 0 Å². The molecule has 0 spiro atoms. The van der Waals surface area contributed by atoms with Gasteiger partial charge in [0.05, 0.1) is 12.1 Å². The van der Waals surface area contributed by atoms with E-state index in [-0.39, 0.29) is 23.7 Å². The van der Waals surface area contributed by atoms with Gasteiger partial charge in [-0.15, -0.1) is 11.8 Å². The fraction of sp³-hybridized carbons (Fsp3) is 0.462. The summed E-state index contributed by atoms with van der Waals surface area (Å²) in [6, 6.07) is 6.91. The fourth-order valence-corrected chi connectivity index (χ4v) is 2.97. The summed E-state index contributed by atoms with van der Waals surface area (Å²) in [6.45, 7) is 1.93. The number of phenols is 1. The van der Waals surface area contributed by atoms with Gasteiger partial charge in [-0.2, -0.15) is 0 Å². The first-order chi connectivity index (χ1) is 8.61. The van der Waals surface area contributed by atoms with Gasteiger partial charge < -0.3 is 10.0 Å². The predicted octanol–water partition coefficient (Wildman–Crippen LogP) is 1.57. The highest BCUT2D eigenvalue weighted by molar-refractivity contribution is 7.99. The molecule has 1 heterocycles. The van der Waals surface area contributed by atoms with Crippen molar-refractivity contribution in [2.45, 2.75) is 19.0 Å². The Kier molecular flexibility index (Phi) is 4.14. The molecule has 0 radical (unpaired) electrons. The summed E-state index contributed by atoms with van der Waals surface area (Å²) in [5.74, 6) is 1.96. The molecule has 5 heteroatoms. The van der Waals surface area contributed by atoms with Gasteiger partial charge in [-0.05, 0) is 13.0 Å². The number of carbonyl (C=O) groups is 1. The van der Waals surface area contributed by atoms with Crippen LogP contribution >= 0.6 is 11.8 Å². The molecule has 1 saturated heterocycles. The minimum Gasteiger partial charge on any atom is -0.508 e. The first kappa shape index (κ1) is 13.2. The number of rotatable bonds is 3. The van der Waals surface area contributed by atoms with Crippen LogP contribution in [0.2, 0.25) is 0 Å². The summed E-state index contributed by atoms with van der Waals surface area (Å²) in [4.78, 5) is 13.9. The van der Waals surface area contributed by atoms with Gasteiger partial charge in [0.25, 0.3) is 0 Å². The van der Waals surface area contributed by atoms with Crippen molar-refractivity contribution in [1.82, 2.24) is 10.2 Å². The molecule has 2 atom stereocenters. The summed E-state index contributed by atoms with van der Waals surface area (Å²) >= 11 is 1.73. The molecule has 2 unspecified atom stereocenters. The van der Waals surface area contributed by atoms with E-state index in [9.17, 15) is 9.90 Å². The Hall–Kier alpha value is -1.20. The van der Waals surface area contributed by atoms with Gasteiger partial charge >= 0.3 is 0 Å². The molecule has 0 aromatic heterocycles. The first-order valence-corrected chi connectivity index (χ1v) is 7.12. The minimum absolute atomic E-state index is 0.0794. The number of hydrogen-bond donors (Lipinski definition) is 2. The van der Waals surface area contributed by atoms with Gasteiger partial charge in [0, 0.05) is 24.2 Å². The topological polar surface area (TPSA) is 52.6 Å². The molecule has 1 amide bonds. The lowest BCUT2D eigenvalue weighted by atomic mass is 10.1. The number of amides is 1. The van der Waals surface area contributed by atoms with Crippen LogP contribution < -0.4 is 5.32 Å². The van der Waals surface area contributed by atoms with Gasteiger partial charge in [0.2, 0.25) is 5.91 Å². The first-order valence-electron chi connectivity index (χ1n) is 5.97. The average Bonchev–Trinajstić information content (AvgIpc) is 2.90. The van der Waals surface area contributed by atoms with Gasteiger partial charge in [-0.25, -0.2) is 0 Å². The van der Waals surface area contributed by atoms with Crippen molar-refractivity contribution in [3.8, 4) is 5.75 Å². The molecule has 0 bridgehead atoms. The summed E-state index contributed by atoms with van der Waals surface area (Å²) < 4.78 is 0. The molecule has 0 aliphatic carbocycles. The van der Waals surface area contributed by atoms with Gasteiger partial charge in [-0.3, -0.25) is 10.1 Å². The number of nitrogens with zero attached hydrogens (tertiary/aromatic N) is 1. The fourth-order valence-electron chi connectivity index (χ4n) is 2.04. The second-order valence-electron chi connectivity index (χ2n) is 4.46. The Balaban J connectivity index is 2.10. The number of hydrogen-bond acceptors (Lipinski definition) is 4. The lowest BCUT2D eigenvalue weighted by Gasteiger charge is -2.28. The van der Waals surface area contributed by atoms with Crippen LogP contribution in [0.25, 0.3) is 0 Å². The Labute approximate surface area is 111 Å². The smallest absolute Gasteiger partial charge is 0.240 e. The van der Waals surface area contributed by atoms with E-state index in [2.05, 4.69) is 5.32 Å². The van der Waals surface area contributed by atoms with Crippen molar-refractivity contribution in [3.63, 3.8) is 0 Å². The largest absolute Gasteiger partial charge is 0.508 e. The van der Waals surface area contributed by atoms with Crippen LogP contribution in [0.1, 0.15) is 18.5 Å². The molecule has 0 saturated carbocycles. The highest BCUT2D eigenvalue weighted by atomic mass is 32.2. The molecular weight excluding hydrogens is 248 g/mol. The second kappa shape index (κ2) is 5.63. The number of nitrogens with one attached hydrogen (secondary N) is 1. The predicted molar refractivity (Wildman–Crippen MR) is 73.5 cm³/mol. The maximum absolute atomic E-state index is 12.2. The summed E-state index contributed by atoms with van der Waals surface area (Å²) in [5.41, 5.74) is 0.777. The zero-order valence-corrected chi connectivity index (χ0v) is 11.4. The maximum atomic E-state index is 12.2. The molecule has 1 aromatic carbocycles. The number of likely N-dealkylation sites (N-methyl/N-ethyl adjacent to an activating group) is 1. The molecule has 98 valence electrons. The zero-order valence-electron chi connectivity index (χ0n) is 10.6. The number of aromatic hydroxyl groups is 1. The van der Waals surface area contributed by atoms with E-state index in [1.54, 1.807) is 35.8 Å². The van der Waals surface area contributed by atoms with Crippen molar-refractivity contribution >= 4 is 17.7 Å². The maximum Gasteiger partial charge on any atom is 0.240 e. The molecule has 1 fully saturated rings. The zero-order chi connectivity index (χ0) is 13.1. The Morgan fingerprint density at radius 2 is 2.28 bits per heavy atom. The number of para-hydroxylation sites is 1. The van der Waals surface area contributed by atoms with Crippen molar-refractivity contribution in [2.75, 3.05) is 18.7 Å². The molecule has 1 aliphatic heterocycles. The molecule has 18 heavy (non-hydrogen) atoms. The van der Waals surface area contributed by atoms with Crippen LogP contribution in [-0.4, -0.2) is 40.6 Å². The SMILES string of the molecule is CC(c1ccccc1O)N(C)C(=O)C1CSCN1. The van der Waals surface area contributed by atoms with Gasteiger partial charge in [0.15, 0.2) is 0 Å². The molecule has 2 N–H and O–H groups in total. The van der Waals surface area contributed by atoms with Crippen molar-refractivity contribution in [1.29, 1.82) is 0 Å². The van der Waals surface area contributed by atoms with Crippen molar-refractivity contribution < 1.29 is 9.90 Å². The van der Waals surface area contributed by atoms with Crippen molar-refractivity contribution in [3.05, 3.63) is 29.8 Å². The monoisotopic (exact) mass is 266 g/mol. The molecule has 4 nitrogen and oxygen atoms in total. The van der Waals surface area contributed by atoms with E-state index < -0.39 is 0 Å². The third-order valence-corrected chi connectivity index (χ3v) is 4.27. The molecule has 2 rings (SSSR count). The Morgan fingerprint density at radius 3 is 2.89 bits per heavy atom. The molecule has 1 aliphatic rings. The number of phenolic OH excluding ortho intramolecular Hbond substituents is 1. The summed E-state index contributed by atoms with van der Waals surface area (Å²) in [5, 5.41) is 13.0. The van der Waals surface area contributed by atoms with E-state index in [1.807, 2.05) is 19.1 Å². The summed E-state index contributed by atoms with van der Waals surface area (Å²) in [7, 11) is 1.78. The van der Waals surface area contributed by atoms with Gasteiger partial charge in [-0.1, -0.05) is 18.2 Å². The minimum atomic E-state index is -0.133. The lowest BCUT2D eigenvalue weighted by molar-refractivity contribution is -0.133. The normalized spacial score (nSPS) is 20.7. The van der Waals surface area contributed by atoms with Crippen molar-refractivity contribution in [2.24, 2.45) is 0 Å². The third-order valence-electron chi connectivity index (χ3n) is 3.33. The summed E-state index contributed by atoms with van der Waals surface area (Å²) in [6.07, 6.45) is 0. The van der Waals surface area contributed by atoms with Crippen LogP contribution in [0.3, 0.4) is 0 Å². The quantitative estimate of drug-likeness (QED) is 0.872. The molecular formula is C13H18N2O2S. The number of thioether (sulfide) groups is 1. The highest BCUT2D eigenvalue weighted by Crippen LogP contribution is 2.28. The number of benzene rings is 1. The lowest BCUT2D eigenvalue weighted by Crippen LogP contribution is -2.44. The number of carbonyl (C=O) groups excluding carboxylic acids is 1. The average molecular weight is 266 g/mol. The van der Waals surface area contributed by atoms with E-state index in [0.29, 0.717) is 0 Å². The van der Waals surface area contributed by atoms with Crippen LogP contribution in [-0.2, 0) is 4.79 Å². The van der Waals surface area contributed by atoms with Crippen LogP contribution in [0.5, 0.6) is 5.75 Å². The van der Waals surface area contributed by atoms with Gasteiger partial charge in [0.1, 0.15) is 5.75 Å². The standard InChI is InChI=1S/C13H18N2O2S/c1-9(10-5-3-4-6-12(10)16)15(2)13(17)11-7-18-8-14-11/h3-6,9,11,14,16H,7-8H2,1-2H3. The second-order valence-corrected chi connectivity index (χ2v) is 5.49. The van der Waals surface area contributed by atoms with Crippen LogP contribution in [0.15, 0.2) is 24.3 Å². The van der Waals surface area contributed by atoms with Crippen LogP contribution in [0.4, 0.5) is 0 Å². The Bertz CT molecular complexity index is 433. The van der Waals surface area contributed by atoms with Crippen LogP contribution in [0, 0.1) is 0 Å². The van der Waals surface area contributed by atoms with E-state index in [4.69, 9.17) is 0 Å². The Morgan fingerprint density at radius 1 is 1.56 bits per heavy atom. The third kappa shape index (κ3) is 2.62. The highest BCUT2D eigenvalue weighted by Gasteiger charge is 2.28. The molecule has 1 aromatic rings. The van der Waals surface area contributed by atoms with E-state index in [0.717, 1.165) is 17.2 Å². The van der Waals surface area contributed by atoms with E-state index in [1.165, 1.54) is 0 Å².